The highest BCUT2D eigenvalue weighted by Crippen LogP contribution is 2.27. The molecular formula is C17H24N2O. The van der Waals surface area contributed by atoms with E-state index in [4.69, 9.17) is 0 Å². The third kappa shape index (κ3) is 2.88. The van der Waals surface area contributed by atoms with Gasteiger partial charge < -0.3 is 4.90 Å². The van der Waals surface area contributed by atoms with Crippen LogP contribution in [0.2, 0.25) is 0 Å². The number of piperidine rings is 1. The van der Waals surface area contributed by atoms with E-state index in [-0.39, 0.29) is 6.04 Å². The maximum absolute atomic E-state index is 12.9. The first-order chi connectivity index (χ1) is 9.86. The zero-order valence-electron chi connectivity index (χ0n) is 12.1. The maximum Gasteiger partial charge on any atom is 0.244 e. The summed E-state index contributed by atoms with van der Waals surface area (Å²) in [5.74, 6) is 0.315. The van der Waals surface area contributed by atoms with E-state index in [1.54, 1.807) is 0 Å². The minimum atomic E-state index is -0.0606. The average molecular weight is 272 g/mol. The number of rotatable bonds is 3. The van der Waals surface area contributed by atoms with Gasteiger partial charge in [-0.2, -0.15) is 0 Å². The molecule has 20 heavy (non-hydrogen) atoms. The molecule has 2 heterocycles. The zero-order valence-corrected chi connectivity index (χ0v) is 12.1. The second kappa shape index (κ2) is 6.40. The van der Waals surface area contributed by atoms with Crippen molar-refractivity contribution in [3.63, 3.8) is 0 Å². The summed E-state index contributed by atoms with van der Waals surface area (Å²) in [7, 11) is 0. The van der Waals surface area contributed by atoms with E-state index in [1.165, 1.54) is 19.3 Å². The molecule has 2 aliphatic rings. The number of amides is 1. The van der Waals surface area contributed by atoms with E-state index < -0.39 is 0 Å². The van der Waals surface area contributed by atoms with Crippen molar-refractivity contribution in [3.05, 3.63) is 35.9 Å². The van der Waals surface area contributed by atoms with E-state index in [0.29, 0.717) is 5.91 Å². The van der Waals surface area contributed by atoms with Crippen LogP contribution in [0.25, 0.3) is 0 Å². The van der Waals surface area contributed by atoms with Gasteiger partial charge in [-0.1, -0.05) is 36.8 Å². The van der Waals surface area contributed by atoms with Crippen LogP contribution in [0.1, 0.15) is 43.7 Å². The van der Waals surface area contributed by atoms with Gasteiger partial charge in [0.2, 0.25) is 5.91 Å². The predicted molar refractivity (Wildman–Crippen MR) is 80.4 cm³/mol. The second-order valence-corrected chi connectivity index (χ2v) is 5.94. The van der Waals surface area contributed by atoms with Gasteiger partial charge in [-0.05, 0) is 44.3 Å². The molecule has 1 atom stereocenters. The number of benzene rings is 1. The van der Waals surface area contributed by atoms with Gasteiger partial charge in [-0.25, -0.2) is 0 Å². The molecule has 108 valence electrons. The number of carbonyl (C=O) groups is 1. The van der Waals surface area contributed by atoms with E-state index in [1.807, 2.05) is 18.2 Å². The van der Waals surface area contributed by atoms with Crippen LogP contribution in [-0.4, -0.2) is 41.9 Å². The van der Waals surface area contributed by atoms with E-state index in [0.717, 1.165) is 44.6 Å². The molecule has 1 aromatic rings. The monoisotopic (exact) mass is 272 g/mol. The fourth-order valence-electron chi connectivity index (χ4n) is 3.43. The summed E-state index contributed by atoms with van der Waals surface area (Å²) < 4.78 is 0. The largest absolute Gasteiger partial charge is 0.341 e. The number of carbonyl (C=O) groups excluding carboxylic acids is 1. The second-order valence-electron chi connectivity index (χ2n) is 5.94. The molecule has 3 nitrogen and oxygen atoms in total. The lowest BCUT2D eigenvalue weighted by atomic mass is 10.0. The minimum absolute atomic E-state index is 0.0606. The van der Waals surface area contributed by atoms with Crippen molar-refractivity contribution in [1.82, 2.24) is 9.80 Å². The molecule has 0 spiro atoms. The van der Waals surface area contributed by atoms with Crippen molar-refractivity contribution in [2.45, 2.75) is 38.1 Å². The number of hydrogen-bond acceptors (Lipinski definition) is 2. The molecular weight excluding hydrogens is 248 g/mol. The molecule has 0 aliphatic carbocycles. The van der Waals surface area contributed by atoms with Crippen LogP contribution in [0.4, 0.5) is 0 Å². The molecule has 0 radical (unpaired) electrons. The van der Waals surface area contributed by atoms with Gasteiger partial charge in [-0.15, -0.1) is 0 Å². The molecule has 0 aromatic heterocycles. The van der Waals surface area contributed by atoms with Crippen LogP contribution >= 0.6 is 0 Å². The summed E-state index contributed by atoms with van der Waals surface area (Å²) in [6.45, 7) is 3.99. The van der Waals surface area contributed by atoms with E-state index >= 15 is 0 Å². The van der Waals surface area contributed by atoms with Crippen molar-refractivity contribution in [2.24, 2.45) is 0 Å². The molecule has 3 heteroatoms. The molecule has 2 aliphatic heterocycles. The third-order valence-corrected chi connectivity index (χ3v) is 4.52. The highest BCUT2D eigenvalue weighted by molar-refractivity contribution is 5.83. The van der Waals surface area contributed by atoms with Crippen molar-refractivity contribution in [1.29, 1.82) is 0 Å². The summed E-state index contributed by atoms with van der Waals surface area (Å²) in [5.41, 5.74) is 1.16. The van der Waals surface area contributed by atoms with Crippen LogP contribution < -0.4 is 0 Å². The fourth-order valence-corrected chi connectivity index (χ4v) is 3.43. The Bertz CT molecular complexity index is 434. The predicted octanol–water partition coefficient (Wildman–Crippen LogP) is 2.84. The Kier molecular flexibility index (Phi) is 4.36. The fraction of sp³-hybridized carbons (Fsp3) is 0.588. The Morgan fingerprint density at radius 2 is 1.45 bits per heavy atom. The molecule has 0 N–H and O–H groups in total. The first-order valence-electron chi connectivity index (χ1n) is 7.94. The van der Waals surface area contributed by atoms with Gasteiger partial charge in [0.15, 0.2) is 0 Å². The van der Waals surface area contributed by atoms with Crippen molar-refractivity contribution >= 4 is 5.91 Å². The van der Waals surface area contributed by atoms with Gasteiger partial charge >= 0.3 is 0 Å². The maximum atomic E-state index is 12.9. The number of nitrogens with zero attached hydrogens (tertiary/aromatic N) is 2. The summed E-state index contributed by atoms with van der Waals surface area (Å²) in [6, 6.07) is 10.3. The highest BCUT2D eigenvalue weighted by atomic mass is 16.2. The Morgan fingerprint density at radius 1 is 0.850 bits per heavy atom. The van der Waals surface area contributed by atoms with Crippen LogP contribution in [0.3, 0.4) is 0 Å². The van der Waals surface area contributed by atoms with Gasteiger partial charge in [0.1, 0.15) is 6.04 Å². The van der Waals surface area contributed by atoms with Crippen molar-refractivity contribution in [3.8, 4) is 0 Å². The van der Waals surface area contributed by atoms with Gasteiger partial charge in [-0.3, -0.25) is 9.69 Å². The number of likely N-dealkylation sites (tertiary alicyclic amines) is 2. The molecule has 0 unspecified atom stereocenters. The lowest BCUT2D eigenvalue weighted by Crippen LogP contribution is -2.44. The van der Waals surface area contributed by atoms with Gasteiger partial charge in [0, 0.05) is 13.1 Å². The average Bonchev–Trinajstić information content (AvgIpc) is 3.04. The lowest BCUT2D eigenvalue weighted by Gasteiger charge is -2.36. The van der Waals surface area contributed by atoms with Crippen molar-refractivity contribution in [2.75, 3.05) is 26.2 Å². The Balaban J connectivity index is 1.84. The summed E-state index contributed by atoms with van der Waals surface area (Å²) >= 11 is 0. The quantitative estimate of drug-likeness (QED) is 0.844. The molecule has 0 saturated carbocycles. The molecule has 0 bridgehead atoms. The summed E-state index contributed by atoms with van der Waals surface area (Å²) in [4.78, 5) is 17.4. The molecule has 1 aromatic carbocycles. The topological polar surface area (TPSA) is 23.6 Å². The Labute approximate surface area is 121 Å². The first kappa shape index (κ1) is 13.6. The Hall–Kier alpha value is -1.35. The lowest BCUT2D eigenvalue weighted by molar-refractivity contribution is -0.136. The normalized spacial score (nSPS) is 21.9. The van der Waals surface area contributed by atoms with Crippen LogP contribution in [0.15, 0.2) is 30.3 Å². The van der Waals surface area contributed by atoms with Crippen LogP contribution in [0, 0.1) is 0 Å². The Morgan fingerprint density at radius 3 is 2.10 bits per heavy atom. The first-order valence-corrected chi connectivity index (χ1v) is 7.94. The molecule has 1 amide bonds. The summed E-state index contributed by atoms with van der Waals surface area (Å²) in [5, 5.41) is 0. The van der Waals surface area contributed by atoms with Crippen LogP contribution in [-0.2, 0) is 4.79 Å². The highest BCUT2D eigenvalue weighted by Gasteiger charge is 2.32. The van der Waals surface area contributed by atoms with Crippen LogP contribution in [0.5, 0.6) is 0 Å². The minimum Gasteiger partial charge on any atom is -0.341 e. The summed E-state index contributed by atoms with van der Waals surface area (Å²) in [6.07, 6.45) is 6.06. The molecule has 3 rings (SSSR count). The smallest absolute Gasteiger partial charge is 0.244 e. The van der Waals surface area contributed by atoms with E-state index in [2.05, 4.69) is 21.9 Å². The number of hydrogen-bond donors (Lipinski definition) is 0. The van der Waals surface area contributed by atoms with Crippen molar-refractivity contribution < 1.29 is 4.79 Å². The zero-order chi connectivity index (χ0) is 13.8. The SMILES string of the molecule is O=C([C@@H](c1ccccc1)N1CCCCC1)N1CCCC1. The molecule has 2 saturated heterocycles. The van der Waals surface area contributed by atoms with Gasteiger partial charge in [0.25, 0.3) is 0 Å². The molecule has 2 fully saturated rings. The third-order valence-electron chi connectivity index (χ3n) is 4.52. The van der Waals surface area contributed by atoms with Gasteiger partial charge in [0.05, 0.1) is 0 Å². The standard InChI is InChI=1S/C17H24N2O/c20-17(19-13-7-8-14-19)16(15-9-3-1-4-10-15)18-11-5-2-6-12-18/h1,3-4,9-10,16H,2,5-8,11-14H2/t16-/m1/s1. The van der Waals surface area contributed by atoms with E-state index in [9.17, 15) is 4.79 Å².